The minimum atomic E-state index is -0.293. The fourth-order valence-corrected chi connectivity index (χ4v) is 2.62. The van der Waals surface area contributed by atoms with Crippen LogP contribution in [0, 0.1) is 11.8 Å². The van der Waals surface area contributed by atoms with Crippen LogP contribution in [0.15, 0.2) is 54.6 Å². The van der Waals surface area contributed by atoms with Gasteiger partial charge in [-0.25, -0.2) is 0 Å². The van der Waals surface area contributed by atoms with Crippen LogP contribution in [-0.4, -0.2) is 43.5 Å². The molecule has 7 nitrogen and oxygen atoms in total. The molecule has 0 bridgehead atoms. The number of para-hydroxylation sites is 3. The lowest BCUT2D eigenvalue weighted by Gasteiger charge is -2.07. The number of nitrogens with one attached hydrogen (secondary N) is 2. The third-order valence-electron chi connectivity index (χ3n) is 4.04. The molecule has 3 rings (SSSR count). The first kappa shape index (κ1) is 19.8. The van der Waals surface area contributed by atoms with E-state index in [9.17, 15) is 4.79 Å². The van der Waals surface area contributed by atoms with Crippen molar-refractivity contribution < 1.29 is 19.0 Å². The zero-order valence-electron chi connectivity index (χ0n) is 16.2. The van der Waals surface area contributed by atoms with E-state index in [0.717, 1.165) is 5.56 Å². The van der Waals surface area contributed by atoms with Crippen molar-refractivity contribution in [2.45, 2.75) is 0 Å². The highest BCUT2D eigenvalue weighted by molar-refractivity contribution is 5.93. The number of methoxy groups -OCH3 is 2. The Labute approximate surface area is 169 Å². The first-order valence-electron chi connectivity index (χ1n) is 8.91. The van der Waals surface area contributed by atoms with Gasteiger partial charge in [-0.3, -0.25) is 9.89 Å². The fraction of sp³-hybridized carbons (Fsp3) is 0.182. The third kappa shape index (κ3) is 5.08. The molecule has 2 N–H and O–H groups in total. The Balaban J connectivity index is 1.51. The largest absolute Gasteiger partial charge is 0.496 e. The summed E-state index contributed by atoms with van der Waals surface area (Å²) in [6.45, 7) is 0.384. The van der Waals surface area contributed by atoms with Crippen molar-refractivity contribution in [3.8, 4) is 40.3 Å². The maximum Gasteiger partial charge on any atom is 0.270 e. The van der Waals surface area contributed by atoms with Crippen molar-refractivity contribution >= 4 is 5.91 Å². The van der Waals surface area contributed by atoms with Crippen LogP contribution in [0.2, 0.25) is 0 Å². The summed E-state index contributed by atoms with van der Waals surface area (Å²) in [6.07, 6.45) is 0. The molecule has 0 saturated heterocycles. The molecular weight excluding hydrogens is 370 g/mol. The van der Waals surface area contributed by atoms with E-state index in [0.29, 0.717) is 28.6 Å². The molecule has 1 heterocycles. The summed E-state index contributed by atoms with van der Waals surface area (Å²) in [4.78, 5) is 12.3. The Morgan fingerprint density at radius 1 is 1.00 bits per heavy atom. The minimum absolute atomic E-state index is 0.192. The highest BCUT2D eigenvalue weighted by atomic mass is 16.5. The average Bonchev–Trinajstić information content (AvgIpc) is 3.26. The Hall–Kier alpha value is -3.92. The summed E-state index contributed by atoms with van der Waals surface area (Å²) in [7, 11) is 3.17. The molecule has 0 spiro atoms. The van der Waals surface area contributed by atoms with Crippen LogP contribution in [0.5, 0.6) is 17.2 Å². The number of carbonyl (C=O) groups is 1. The quantitative estimate of drug-likeness (QED) is 0.605. The number of amides is 1. The normalized spacial score (nSPS) is 9.86. The summed E-state index contributed by atoms with van der Waals surface area (Å²) < 4.78 is 16.1. The van der Waals surface area contributed by atoms with E-state index < -0.39 is 0 Å². The van der Waals surface area contributed by atoms with E-state index in [1.165, 1.54) is 0 Å². The predicted molar refractivity (Wildman–Crippen MR) is 109 cm³/mol. The molecule has 7 heteroatoms. The zero-order chi connectivity index (χ0) is 20.5. The fourth-order valence-electron chi connectivity index (χ4n) is 2.62. The molecule has 0 atom stereocenters. The van der Waals surface area contributed by atoms with Gasteiger partial charge in [-0.1, -0.05) is 36.1 Å². The van der Waals surface area contributed by atoms with Crippen LogP contribution in [0.1, 0.15) is 10.5 Å². The number of hydrogen-bond donors (Lipinski definition) is 2. The van der Waals surface area contributed by atoms with Crippen LogP contribution in [-0.2, 0) is 0 Å². The van der Waals surface area contributed by atoms with Crippen molar-refractivity contribution in [1.82, 2.24) is 15.5 Å². The van der Waals surface area contributed by atoms with Crippen LogP contribution in [0.25, 0.3) is 11.3 Å². The number of carbonyl (C=O) groups excluding carboxylic acids is 1. The summed E-state index contributed by atoms with van der Waals surface area (Å²) in [5, 5.41) is 9.65. The van der Waals surface area contributed by atoms with Gasteiger partial charge in [-0.05, 0) is 30.3 Å². The van der Waals surface area contributed by atoms with Crippen molar-refractivity contribution in [1.29, 1.82) is 0 Å². The number of rotatable bonds is 7. The highest BCUT2D eigenvalue weighted by Gasteiger charge is 2.12. The van der Waals surface area contributed by atoms with Gasteiger partial charge < -0.3 is 19.5 Å². The minimum Gasteiger partial charge on any atom is -0.496 e. The number of H-pyrrole nitrogens is 1. The SMILES string of the molecule is COc1ccccc1OCC#CCNC(=O)c1cc(-c2ccccc2OC)n[nH]1. The molecule has 0 aliphatic rings. The summed E-state index contributed by atoms with van der Waals surface area (Å²) >= 11 is 0. The van der Waals surface area contributed by atoms with Gasteiger partial charge in [0.05, 0.1) is 26.5 Å². The van der Waals surface area contributed by atoms with Crippen molar-refractivity contribution in [2.24, 2.45) is 0 Å². The molecule has 0 fully saturated rings. The first-order chi connectivity index (χ1) is 14.2. The van der Waals surface area contributed by atoms with Gasteiger partial charge in [0.2, 0.25) is 0 Å². The van der Waals surface area contributed by atoms with Gasteiger partial charge in [0.25, 0.3) is 5.91 Å². The summed E-state index contributed by atoms with van der Waals surface area (Å²) in [6, 6.07) is 16.5. The standard InChI is InChI=1S/C22H21N3O4/c1-27-19-10-4-3-9-16(19)17-15-18(25-24-17)22(26)23-13-7-8-14-29-21-12-6-5-11-20(21)28-2/h3-6,9-12,15H,13-14H2,1-2H3,(H,23,26)(H,24,25). The van der Waals surface area contributed by atoms with Crippen LogP contribution in [0.3, 0.4) is 0 Å². The van der Waals surface area contributed by atoms with Gasteiger partial charge in [-0.2, -0.15) is 5.10 Å². The molecule has 3 aromatic rings. The Morgan fingerprint density at radius 2 is 1.69 bits per heavy atom. The molecule has 0 aliphatic carbocycles. The summed E-state index contributed by atoms with van der Waals surface area (Å²) in [5.74, 6) is 7.36. The monoisotopic (exact) mass is 391 g/mol. The second kappa shape index (κ2) is 9.85. The van der Waals surface area contributed by atoms with Crippen molar-refractivity contribution in [2.75, 3.05) is 27.4 Å². The number of aromatic amines is 1. The molecule has 0 unspecified atom stereocenters. The topological polar surface area (TPSA) is 85.5 Å². The molecule has 1 amide bonds. The Morgan fingerprint density at radius 3 is 2.45 bits per heavy atom. The van der Waals surface area contributed by atoms with E-state index in [-0.39, 0.29) is 19.1 Å². The maximum absolute atomic E-state index is 12.3. The van der Waals surface area contributed by atoms with Crippen LogP contribution < -0.4 is 19.5 Å². The average molecular weight is 391 g/mol. The Bertz CT molecular complexity index is 1030. The second-order valence-electron chi connectivity index (χ2n) is 5.84. The molecule has 0 saturated carbocycles. The molecule has 0 radical (unpaired) electrons. The van der Waals surface area contributed by atoms with E-state index in [4.69, 9.17) is 14.2 Å². The predicted octanol–water partition coefficient (Wildman–Crippen LogP) is 2.91. The lowest BCUT2D eigenvalue weighted by Crippen LogP contribution is -2.24. The second-order valence-corrected chi connectivity index (χ2v) is 5.84. The molecule has 0 aliphatic heterocycles. The Kier molecular flexibility index (Phi) is 6.74. The van der Waals surface area contributed by atoms with Gasteiger partial charge in [0, 0.05) is 5.56 Å². The molecule has 29 heavy (non-hydrogen) atoms. The van der Waals surface area contributed by atoms with E-state index in [2.05, 4.69) is 27.4 Å². The van der Waals surface area contributed by atoms with Gasteiger partial charge in [0.15, 0.2) is 11.5 Å². The van der Waals surface area contributed by atoms with Crippen molar-refractivity contribution in [3.05, 3.63) is 60.3 Å². The number of aromatic nitrogens is 2. The van der Waals surface area contributed by atoms with Crippen LogP contribution in [0.4, 0.5) is 0 Å². The number of ether oxygens (including phenoxy) is 3. The molecule has 1 aromatic heterocycles. The first-order valence-corrected chi connectivity index (χ1v) is 8.91. The number of nitrogens with zero attached hydrogens (tertiary/aromatic N) is 1. The third-order valence-corrected chi connectivity index (χ3v) is 4.04. The molecule has 2 aromatic carbocycles. The van der Waals surface area contributed by atoms with Crippen molar-refractivity contribution in [3.63, 3.8) is 0 Å². The smallest absolute Gasteiger partial charge is 0.270 e. The molecular formula is C22H21N3O4. The highest BCUT2D eigenvalue weighted by Crippen LogP contribution is 2.28. The van der Waals surface area contributed by atoms with E-state index >= 15 is 0 Å². The van der Waals surface area contributed by atoms with Crippen LogP contribution >= 0.6 is 0 Å². The van der Waals surface area contributed by atoms with Gasteiger partial charge in [0.1, 0.15) is 18.1 Å². The molecule has 148 valence electrons. The number of benzene rings is 2. The maximum atomic E-state index is 12.3. The lowest BCUT2D eigenvalue weighted by atomic mass is 10.1. The van der Waals surface area contributed by atoms with Gasteiger partial charge >= 0.3 is 0 Å². The summed E-state index contributed by atoms with van der Waals surface area (Å²) in [5.41, 5.74) is 1.78. The lowest BCUT2D eigenvalue weighted by molar-refractivity contribution is 0.0953. The van der Waals surface area contributed by atoms with E-state index in [1.54, 1.807) is 26.4 Å². The van der Waals surface area contributed by atoms with E-state index in [1.807, 2.05) is 42.5 Å². The number of hydrogen-bond acceptors (Lipinski definition) is 5. The van der Waals surface area contributed by atoms with Gasteiger partial charge in [-0.15, -0.1) is 0 Å². The zero-order valence-corrected chi connectivity index (χ0v) is 16.2.